The molecule has 0 spiro atoms. The molecule has 0 radical (unpaired) electrons. The minimum Gasteiger partial charge on any atom is -0.383 e. The highest BCUT2D eigenvalue weighted by atomic mass is 19.4. The number of fused-ring (bicyclic) bond motifs is 1. The number of rotatable bonds is 1. The summed E-state index contributed by atoms with van der Waals surface area (Å²) in [6.45, 7) is 0. The molecule has 0 saturated carbocycles. The van der Waals surface area contributed by atoms with Crippen LogP contribution in [0.25, 0.3) is 22.0 Å². The van der Waals surface area contributed by atoms with Gasteiger partial charge in [-0.3, -0.25) is 0 Å². The van der Waals surface area contributed by atoms with Gasteiger partial charge in [0, 0.05) is 10.9 Å². The molecule has 0 aliphatic carbocycles. The molecule has 0 amide bonds. The lowest BCUT2D eigenvalue weighted by atomic mass is 10.0. The van der Waals surface area contributed by atoms with Gasteiger partial charge >= 0.3 is 6.30 Å². The fourth-order valence-electron chi connectivity index (χ4n) is 2.15. The maximum absolute atomic E-state index is 13.3. The first-order valence-corrected chi connectivity index (χ1v) is 5.83. The van der Waals surface area contributed by atoms with E-state index in [4.69, 9.17) is 5.73 Å². The highest BCUT2D eigenvalue weighted by molar-refractivity contribution is 5.97. The molecule has 0 saturated heterocycles. The van der Waals surface area contributed by atoms with Gasteiger partial charge in [0.25, 0.3) is 0 Å². The van der Waals surface area contributed by atoms with Gasteiger partial charge in [0.05, 0.1) is 17.9 Å². The Kier molecular flexibility index (Phi) is 2.82. The van der Waals surface area contributed by atoms with Crippen LogP contribution in [0, 0.1) is 5.82 Å². The van der Waals surface area contributed by atoms with Crippen LogP contribution in [0.2, 0.25) is 0 Å². The Balaban J connectivity index is 2.30. The van der Waals surface area contributed by atoms with Crippen LogP contribution in [0.5, 0.6) is 0 Å². The normalized spacial score (nSPS) is 12.0. The molecule has 0 aliphatic heterocycles. The average Bonchev–Trinajstić information content (AvgIpc) is 2.85. The molecule has 0 aliphatic rings. The Morgan fingerprint density at radius 2 is 1.86 bits per heavy atom. The number of anilines is 1. The second-order valence-electron chi connectivity index (χ2n) is 4.35. The first-order valence-electron chi connectivity index (χ1n) is 5.83. The number of benzene rings is 1. The lowest BCUT2D eigenvalue weighted by molar-refractivity contribution is -0.209. The highest BCUT2D eigenvalue weighted by Gasteiger charge is 2.33. The van der Waals surface area contributed by atoms with E-state index in [1.165, 1.54) is 18.2 Å². The van der Waals surface area contributed by atoms with Crippen LogP contribution in [-0.2, 0) is 6.30 Å². The molecule has 0 fully saturated rings. The highest BCUT2D eigenvalue weighted by Crippen LogP contribution is 2.34. The van der Waals surface area contributed by atoms with Gasteiger partial charge < -0.3 is 5.73 Å². The van der Waals surface area contributed by atoms with Gasteiger partial charge in [-0.2, -0.15) is 9.78 Å². The maximum Gasteiger partial charge on any atom is 0.505 e. The molecule has 1 aromatic carbocycles. The zero-order chi connectivity index (χ0) is 15.2. The van der Waals surface area contributed by atoms with Gasteiger partial charge in [-0.15, -0.1) is 13.2 Å². The molecule has 8 heteroatoms. The third-order valence-electron chi connectivity index (χ3n) is 3.03. The van der Waals surface area contributed by atoms with Crippen LogP contribution >= 0.6 is 0 Å². The zero-order valence-corrected chi connectivity index (χ0v) is 10.4. The first kappa shape index (κ1) is 13.3. The molecule has 2 heterocycles. The van der Waals surface area contributed by atoms with E-state index in [0.29, 0.717) is 5.56 Å². The summed E-state index contributed by atoms with van der Waals surface area (Å²) in [6, 6.07) is 5.37. The number of aromatic nitrogens is 3. The van der Waals surface area contributed by atoms with E-state index in [2.05, 4.69) is 10.1 Å². The predicted molar refractivity (Wildman–Crippen MR) is 68.6 cm³/mol. The first-order chi connectivity index (χ1) is 9.88. The summed E-state index contributed by atoms with van der Waals surface area (Å²) in [6.07, 6.45) is -2.62. The van der Waals surface area contributed by atoms with Crippen LogP contribution in [0.15, 0.2) is 36.7 Å². The number of hydrogen-bond donors (Lipinski definition) is 1. The van der Waals surface area contributed by atoms with Crippen molar-refractivity contribution in [2.75, 3.05) is 5.73 Å². The molecular formula is C13H8F4N4. The number of nitrogens with two attached hydrogens (primary N) is 1. The van der Waals surface area contributed by atoms with E-state index in [9.17, 15) is 17.6 Å². The SMILES string of the molecule is Nc1ncc(F)cc1-c1cccc2c1cnn2C(F)(F)F. The fourth-order valence-corrected chi connectivity index (χ4v) is 2.15. The summed E-state index contributed by atoms with van der Waals surface area (Å²) < 4.78 is 51.8. The summed E-state index contributed by atoms with van der Waals surface area (Å²) in [5.74, 6) is -0.594. The van der Waals surface area contributed by atoms with E-state index < -0.39 is 12.1 Å². The third kappa shape index (κ3) is 2.18. The molecule has 21 heavy (non-hydrogen) atoms. The number of pyridine rings is 1. The van der Waals surface area contributed by atoms with Crippen LogP contribution < -0.4 is 5.73 Å². The molecule has 0 atom stereocenters. The van der Waals surface area contributed by atoms with Gasteiger partial charge in [0.2, 0.25) is 0 Å². The van der Waals surface area contributed by atoms with Crippen LogP contribution in [0.4, 0.5) is 23.4 Å². The van der Waals surface area contributed by atoms with E-state index in [-0.39, 0.29) is 27.0 Å². The monoisotopic (exact) mass is 296 g/mol. The molecule has 0 bridgehead atoms. The summed E-state index contributed by atoms with van der Waals surface area (Å²) >= 11 is 0. The third-order valence-corrected chi connectivity index (χ3v) is 3.03. The van der Waals surface area contributed by atoms with Crippen molar-refractivity contribution < 1.29 is 17.6 Å². The lowest BCUT2D eigenvalue weighted by Crippen LogP contribution is -2.17. The smallest absolute Gasteiger partial charge is 0.383 e. The standard InChI is InChI=1S/C13H8F4N4/c14-7-4-9(12(18)19-5-7)8-2-1-3-11-10(8)6-20-21(11)13(15,16)17/h1-6H,(H2,18,19). The molecular weight excluding hydrogens is 288 g/mol. The van der Waals surface area contributed by atoms with Gasteiger partial charge in [-0.05, 0) is 17.7 Å². The van der Waals surface area contributed by atoms with E-state index in [0.717, 1.165) is 18.5 Å². The summed E-state index contributed by atoms with van der Waals surface area (Å²) in [7, 11) is 0. The van der Waals surface area contributed by atoms with Gasteiger partial charge in [0.15, 0.2) is 0 Å². The number of hydrogen-bond acceptors (Lipinski definition) is 3. The van der Waals surface area contributed by atoms with Crippen molar-refractivity contribution in [2.24, 2.45) is 0 Å². The van der Waals surface area contributed by atoms with Crippen molar-refractivity contribution in [2.45, 2.75) is 6.30 Å². The van der Waals surface area contributed by atoms with E-state index in [1.54, 1.807) is 0 Å². The average molecular weight is 296 g/mol. The number of alkyl halides is 3. The summed E-state index contributed by atoms with van der Waals surface area (Å²) in [5, 5.41) is 3.56. The van der Waals surface area contributed by atoms with Crippen molar-refractivity contribution >= 4 is 16.7 Å². The minimum absolute atomic E-state index is 0.0312. The number of nitrogen functional groups attached to an aromatic ring is 1. The Morgan fingerprint density at radius 3 is 2.57 bits per heavy atom. The number of nitrogens with zero attached hydrogens (tertiary/aromatic N) is 3. The summed E-state index contributed by atoms with van der Waals surface area (Å²) in [4.78, 5) is 3.67. The molecule has 4 nitrogen and oxygen atoms in total. The lowest BCUT2D eigenvalue weighted by Gasteiger charge is -2.09. The largest absolute Gasteiger partial charge is 0.505 e. The quantitative estimate of drug-likeness (QED) is 0.701. The number of halogens is 4. The minimum atomic E-state index is -4.63. The van der Waals surface area contributed by atoms with Crippen molar-refractivity contribution in [3.63, 3.8) is 0 Å². The zero-order valence-electron chi connectivity index (χ0n) is 10.4. The van der Waals surface area contributed by atoms with Crippen LogP contribution in [0.1, 0.15) is 0 Å². The molecule has 3 rings (SSSR count). The Morgan fingerprint density at radius 1 is 1.10 bits per heavy atom. The Labute approximate surface area is 115 Å². The fraction of sp³-hybridized carbons (Fsp3) is 0.0769. The van der Waals surface area contributed by atoms with Gasteiger partial charge in [0.1, 0.15) is 11.6 Å². The maximum atomic E-state index is 13.3. The molecule has 2 N–H and O–H groups in total. The van der Waals surface area contributed by atoms with Crippen LogP contribution in [0.3, 0.4) is 0 Å². The molecule has 0 unspecified atom stereocenters. The van der Waals surface area contributed by atoms with E-state index >= 15 is 0 Å². The van der Waals surface area contributed by atoms with Gasteiger partial charge in [-0.1, -0.05) is 12.1 Å². The molecule has 2 aromatic heterocycles. The topological polar surface area (TPSA) is 56.7 Å². The summed E-state index contributed by atoms with van der Waals surface area (Å²) in [5.41, 5.74) is 6.11. The van der Waals surface area contributed by atoms with Crippen LogP contribution in [-0.4, -0.2) is 14.8 Å². The van der Waals surface area contributed by atoms with Crippen molar-refractivity contribution in [1.82, 2.24) is 14.8 Å². The van der Waals surface area contributed by atoms with Gasteiger partial charge in [-0.25, -0.2) is 9.37 Å². The van der Waals surface area contributed by atoms with Crippen molar-refractivity contribution in [3.05, 3.63) is 42.5 Å². The van der Waals surface area contributed by atoms with Crippen molar-refractivity contribution in [3.8, 4) is 11.1 Å². The Bertz CT molecular complexity index is 823. The van der Waals surface area contributed by atoms with Crippen molar-refractivity contribution in [1.29, 1.82) is 0 Å². The predicted octanol–water partition coefficient (Wildman–Crippen LogP) is 3.30. The molecule has 108 valence electrons. The second-order valence-corrected chi connectivity index (χ2v) is 4.35. The Hall–Kier alpha value is -2.64. The second kappa shape index (κ2) is 4.44. The molecule has 3 aromatic rings. The van der Waals surface area contributed by atoms with E-state index in [1.807, 2.05) is 0 Å².